The minimum Gasteiger partial charge on any atom is -0.489 e. The average Bonchev–Trinajstić information content (AvgIpc) is 2.46. The summed E-state index contributed by atoms with van der Waals surface area (Å²) in [6.07, 6.45) is 0. The van der Waals surface area contributed by atoms with Gasteiger partial charge in [-0.1, -0.05) is 0 Å². The van der Waals surface area contributed by atoms with Gasteiger partial charge in [0.1, 0.15) is 18.2 Å². The van der Waals surface area contributed by atoms with Crippen molar-refractivity contribution in [1.29, 1.82) is 0 Å². The number of rotatable bonds is 5. The van der Waals surface area contributed by atoms with Gasteiger partial charge in [0.05, 0.1) is 4.92 Å². The first kappa shape index (κ1) is 14.9. The summed E-state index contributed by atoms with van der Waals surface area (Å²) in [6.45, 7) is 1.97. The number of ether oxygens (including phenoxy) is 1. The molecular formula is C15H15FN2O3. The molecule has 0 radical (unpaired) electrons. The van der Waals surface area contributed by atoms with Crippen LogP contribution in [0, 0.1) is 15.9 Å². The van der Waals surface area contributed by atoms with Gasteiger partial charge in [-0.25, -0.2) is 4.39 Å². The van der Waals surface area contributed by atoms with Crippen LogP contribution < -0.4 is 10.5 Å². The monoisotopic (exact) mass is 290 g/mol. The van der Waals surface area contributed by atoms with Crippen molar-refractivity contribution >= 4 is 5.69 Å². The number of nitro groups is 1. The van der Waals surface area contributed by atoms with Gasteiger partial charge in [-0.2, -0.15) is 0 Å². The predicted molar refractivity (Wildman–Crippen MR) is 76.4 cm³/mol. The summed E-state index contributed by atoms with van der Waals surface area (Å²) < 4.78 is 18.8. The van der Waals surface area contributed by atoms with Gasteiger partial charge in [0.25, 0.3) is 5.69 Å². The summed E-state index contributed by atoms with van der Waals surface area (Å²) in [7, 11) is 0. The molecule has 6 heteroatoms. The van der Waals surface area contributed by atoms with Crippen molar-refractivity contribution in [2.75, 3.05) is 0 Å². The Balaban J connectivity index is 2.11. The topological polar surface area (TPSA) is 78.4 Å². The first-order chi connectivity index (χ1) is 9.97. The zero-order valence-electron chi connectivity index (χ0n) is 11.5. The summed E-state index contributed by atoms with van der Waals surface area (Å²) in [5.74, 6) is 0.134. The molecule has 2 rings (SSSR count). The fourth-order valence-electron chi connectivity index (χ4n) is 1.88. The van der Waals surface area contributed by atoms with Gasteiger partial charge < -0.3 is 10.5 Å². The maximum absolute atomic E-state index is 13.2. The zero-order chi connectivity index (χ0) is 15.4. The molecule has 0 aliphatic heterocycles. The molecule has 0 saturated heterocycles. The Labute approximate surface area is 121 Å². The summed E-state index contributed by atoms with van der Waals surface area (Å²) >= 11 is 0. The molecule has 1 atom stereocenters. The van der Waals surface area contributed by atoms with Gasteiger partial charge in [-0.15, -0.1) is 0 Å². The van der Waals surface area contributed by atoms with Crippen LogP contribution in [-0.4, -0.2) is 4.92 Å². The van der Waals surface area contributed by atoms with Gasteiger partial charge >= 0.3 is 0 Å². The number of nitrogens with zero attached hydrogens (tertiary/aromatic N) is 1. The molecule has 0 saturated carbocycles. The SMILES string of the molecule is C[C@H](N)c1cc(F)ccc1OCc1ccc([N+](=O)[O-])cc1. The van der Waals surface area contributed by atoms with Gasteiger partial charge in [-0.05, 0) is 42.8 Å². The summed E-state index contributed by atoms with van der Waals surface area (Å²) in [6, 6.07) is 9.88. The fourth-order valence-corrected chi connectivity index (χ4v) is 1.88. The molecule has 0 aliphatic rings. The van der Waals surface area contributed by atoms with Crippen LogP contribution in [0.25, 0.3) is 0 Å². The zero-order valence-corrected chi connectivity index (χ0v) is 11.5. The van der Waals surface area contributed by atoms with Crippen LogP contribution in [-0.2, 0) is 6.61 Å². The Morgan fingerprint density at radius 3 is 2.52 bits per heavy atom. The molecule has 110 valence electrons. The third-order valence-electron chi connectivity index (χ3n) is 3.00. The summed E-state index contributed by atoms with van der Waals surface area (Å²) in [4.78, 5) is 10.1. The van der Waals surface area contributed by atoms with Crippen LogP contribution in [0.2, 0.25) is 0 Å². The lowest BCUT2D eigenvalue weighted by molar-refractivity contribution is -0.384. The highest BCUT2D eigenvalue weighted by atomic mass is 19.1. The first-order valence-corrected chi connectivity index (χ1v) is 6.38. The Morgan fingerprint density at radius 1 is 1.29 bits per heavy atom. The van der Waals surface area contributed by atoms with Crippen LogP contribution in [0.3, 0.4) is 0 Å². The molecule has 0 heterocycles. The van der Waals surface area contributed by atoms with Gasteiger partial charge in [0.2, 0.25) is 0 Å². The molecule has 0 bridgehead atoms. The van der Waals surface area contributed by atoms with Crippen molar-refractivity contribution in [1.82, 2.24) is 0 Å². The normalized spacial score (nSPS) is 12.0. The molecule has 2 N–H and O–H groups in total. The highest BCUT2D eigenvalue weighted by Crippen LogP contribution is 2.25. The third-order valence-corrected chi connectivity index (χ3v) is 3.00. The van der Waals surface area contributed by atoms with Crippen LogP contribution >= 0.6 is 0 Å². The van der Waals surface area contributed by atoms with E-state index in [-0.39, 0.29) is 24.2 Å². The predicted octanol–water partition coefficient (Wildman–Crippen LogP) is 3.33. The standard InChI is InChI=1S/C15H15FN2O3/c1-10(17)14-8-12(16)4-7-15(14)21-9-11-2-5-13(6-3-11)18(19)20/h2-8,10H,9,17H2,1H3/t10-/m0/s1. The molecule has 5 nitrogen and oxygen atoms in total. The van der Waals surface area contributed by atoms with Gasteiger partial charge in [0.15, 0.2) is 0 Å². The third kappa shape index (κ3) is 3.76. The van der Waals surface area contributed by atoms with E-state index in [9.17, 15) is 14.5 Å². The maximum atomic E-state index is 13.2. The largest absolute Gasteiger partial charge is 0.489 e. The van der Waals surface area contributed by atoms with Crippen LogP contribution in [0.1, 0.15) is 24.1 Å². The summed E-state index contributed by atoms with van der Waals surface area (Å²) in [5.41, 5.74) is 7.17. The van der Waals surface area contributed by atoms with E-state index in [0.717, 1.165) is 5.56 Å². The van der Waals surface area contributed by atoms with Crippen LogP contribution in [0.15, 0.2) is 42.5 Å². The van der Waals surface area contributed by atoms with E-state index < -0.39 is 4.92 Å². The van der Waals surface area contributed by atoms with Gasteiger partial charge in [-0.3, -0.25) is 10.1 Å². The average molecular weight is 290 g/mol. The molecule has 2 aromatic rings. The van der Waals surface area contributed by atoms with Crippen molar-refractivity contribution in [3.63, 3.8) is 0 Å². The second-order valence-electron chi connectivity index (χ2n) is 4.68. The molecule has 0 aliphatic carbocycles. The Morgan fingerprint density at radius 2 is 1.95 bits per heavy atom. The van der Waals surface area contributed by atoms with E-state index >= 15 is 0 Å². The van der Waals surface area contributed by atoms with Crippen LogP contribution in [0.4, 0.5) is 10.1 Å². The minimum absolute atomic E-state index is 0.0248. The van der Waals surface area contributed by atoms with Crippen LogP contribution in [0.5, 0.6) is 5.75 Å². The highest BCUT2D eigenvalue weighted by Gasteiger charge is 2.10. The van der Waals surface area contributed by atoms with E-state index in [2.05, 4.69) is 0 Å². The smallest absolute Gasteiger partial charge is 0.269 e. The van der Waals surface area contributed by atoms with Crippen molar-refractivity contribution in [3.05, 3.63) is 69.5 Å². The number of hydrogen-bond acceptors (Lipinski definition) is 4. The minimum atomic E-state index is -0.460. The number of nitro benzene ring substituents is 1. The van der Waals surface area contributed by atoms with Crippen molar-refractivity contribution in [2.45, 2.75) is 19.6 Å². The van der Waals surface area contributed by atoms with Crippen molar-refractivity contribution in [3.8, 4) is 5.75 Å². The second-order valence-corrected chi connectivity index (χ2v) is 4.68. The number of halogens is 1. The van der Waals surface area contributed by atoms with E-state index in [1.54, 1.807) is 19.1 Å². The molecule has 0 unspecified atom stereocenters. The van der Waals surface area contributed by atoms with E-state index in [1.807, 2.05) is 0 Å². The maximum Gasteiger partial charge on any atom is 0.269 e. The Hall–Kier alpha value is -2.47. The number of hydrogen-bond donors (Lipinski definition) is 1. The first-order valence-electron chi connectivity index (χ1n) is 6.38. The van der Waals surface area contributed by atoms with Gasteiger partial charge in [0, 0.05) is 23.7 Å². The van der Waals surface area contributed by atoms with Crippen molar-refractivity contribution < 1.29 is 14.1 Å². The molecule has 0 spiro atoms. The highest BCUT2D eigenvalue weighted by molar-refractivity contribution is 5.37. The molecular weight excluding hydrogens is 275 g/mol. The Bertz CT molecular complexity index is 642. The summed E-state index contributed by atoms with van der Waals surface area (Å²) in [5, 5.41) is 10.6. The molecule has 0 fully saturated rings. The molecule has 0 amide bonds. The van der Waals surface area contributed by atoms with Crippen molar-refractivity contribution in [2.24, 2.45) is 5.73 Å². The lowest BCUT2D eigenvalue weighted by Gasteiger charge is -2.14. The molecule has 21 heavy (non-hydrogen) atoms. The van der Waals surface area contributed by atoms with E-state index in [4.69, 9.17) is 10.5 Å². The number of non-ortho nitro benzene ring substituents is 1. The molecule has 2 aromatic carbocycles. The Kier molecular flexibility index (Phi) is 4.49. The lowest BCUT2D eigenvalue weighted by atomic mass is 10.1. The number of benzene rings is 2. The molecule has 0 aromatic heterocycles. The lowest BCUT2D eigenvalue weighted by Crippen LogP contribution is -2.08. The fraction of sp³-hybridized carbons (Fsp3) is 0.200. The number of nitrogens with two attached hydrogens (primary N) is 1. The quantitative estimate of drug-likeness (QED) is 0.676. The second kappa shape index (κ2) is 6.32. The van der Waals surface area contributed by atoms with E-state index in [0.29, 0.717) is 11.3 Å². The van der Waals surface area contributed by atoms with E-state index in [1.165, 1.54) is 30.3 Å².